The molecule has 6 heteroatoms. The Morgan fingerprint density at radius 3 is 2.59 bits per heavy atom. The van der Waals surface area contributed by atoms with Gasteiger partial charge in [-0.3, -0.25) is 0 Å². The predicted octanol–water partition coefficient (Wildman–Crippen LogP) is 2.78. The van der Waals surface area contributed by atoms with Crippen LogP contribution in [0.1, 0.15) is 5.56 Å². The third-order valence-electron chi connectivity index (χ3n) is 2.99. The lowest BCUT2D eigenvalue weighted by Gasteiger charge is -2.17. The van der Waals surface area contributed by atoms with Gasteiger partial charge in [0, 0.05) is 5.02 Å². The molecule has 0 amide bonds. The first-order valence-electron chi connectivity index (χ1n) is 6.66. The van der Waals surface area contributed by atoms with Crippen LogP contribution in [0.15, 0.2) is 48.5 Å². The van der Waals surface area contributed by atoms with E-state index in [1.165, 1.54) is 0 Å². The zero-order chi connectivity index (χ0) is 15.9. The van der Waals surface area contributed by atoms with Crippen LogP contribution in [0.2, 0.25) is 5.02 Å². The van der Waals surface area contributed by atoms with E-state index < -0.39 is 18.6 Å². The molecule has 0 aliphatic rings. The van der Waals surface area contributed by atoms with Crippen molar-refractivity contribution in [3.63, 3.8) is 0 Å². The van der Waals surface area contributed by atoms with Crippen molar-refractivity contribution in [3.8, 4) is 5.75 Å². The average molecular weight is 322 g/mol. The van der Waals surface area contributed by atoms with Gasteiger partial charge in [-0.15, -0.1) is 0 Å². The number of halogens is 1. The van der Waals surface area contributed by atoms with Gasteiger partial charge in [0.05, 0.1) is 12.3 Å². The number of aliphatic hydroxyl groups excluding tert-OH is 1. The SMILES string of the molecule is O=C(O)[C@H](CO)Nc1cc(Cl)ccc1OCc1ccccc1. The molecular formula is C16H16ClNO4. The minimum Gasteiger partial charge on any atom is -0.487 e. The van der Waals surface area contributed by atoms with Crippen molar-refractivity contribution in [1.29, 1.82) is 0 Å². The van der Waals surface area contributed by atoms with Crippen molar-refractivity contribution in [2.75, 3.05) is 11.9 Å². The first kappa shape index (κ1) is 16.1. The van der Waals surface area contributed by atoms with E-state index in [0.717, 1.165) is 5.56 Å². The Kier molecular flexibility index (Phi) is 5.63. The highest BCUT2D eigenvalue weighted by atomic mass is 35.5. The van der Waals surface area contributed by atoms with Crippen LogP contribution >= 0.6 is 11.6 Å². The molecule has 0 unspecified atom stereocenters. The number of carboxylic acid groups (broad SMARTS) is 1. The summed E-state index contributed by atoms with van der Waals surface area (Å²) in [5.41, 5.74) is 1.41. The molecule has 116 valence electrons. The molecule has 0 heterocycles. The number of carbonyl (C=O) groups is 1. The maximum Gasteiger partial charge on any atom is 0.328 e. The highest BCUT2D eigenvalue weighted by Gasteiger charge is 2.18. The maximum absolute atomic E-state index is 11.0. The van der Waals surface area contributed by atoms with Crippen LogP contribution in [0.4, 0.5) is 5.69 Å². The molecule has 3 N–H and O–H groups in total. The summed E-state index contributed by atoms with van der Waals surface area (Å²) in [4.78, 5) is 11.0. The fraction of sp³-hybridized carbons (Fsp3) is 0.188. The summed E-state index contributed by atoms with van der Waals surface area (Å²) in [5, 5.41) is 21.3. The van der Waals surface area contributed by atoms with E-state index in [4.69, 9.17) is 26.6 Å². The second-order valence-electron chi connectivity index (χ2n) is 4.63. The molecule has 0 spiro atoms. The smallest absolute Gasteiger partial charge is 0.328 e. The van der Waals surface area contributed by atoms with E-state index in [1.54, 1.807) is 18.2 Å². The van der Waals surface area contributed by atoms with Gasteiger partial charge in [0.1, 0.15) is 18.4 Å². The number of ether oxygens (including phenoxy) is 1. The second kappa shape index (κ2) is 7.68. The van der Waals surface area contributed by atoms with Crippen molar-refractivity contribution in [2.24, 2.45) is 0 Å². The van der Waals surface area contributed by atoms with Gasteiger partial charge >= 0.3 is 5.97 Å². The van der Waals surface area contributed by atoms with Crippen LogP contribution in [0.5, 0.6) is 5.75 Å². The number of hydrogen-bond donors (Lipinski definition) is 3. The first-order chi connectivity index (χ1) is 10.6. The van der Waals surface area contributed by atoms with Gasteiger partial charge in [-0.2, -0.15) is 0 Å². The highest BCUT2D eigenvalue weighted by Crippen LogP contribution is 2.29. The summed E-state index contributed by atoms with van der Waals surface area (Å²) in [6.07, 6.45) is 0. The fourth-order valence-corrected chi connectivity index (χ4v) is 2.02. The monoisotopic (exact) mass is 321 g/mol. The highest BCUT2D eigenvalue weighted by molar-refractivity contribution is 6.30. The number of aliphatic carboxylic acids is 1. The topological polar surface area (TPSA) is 78.8 Å². The van der Waals surface area contributed by atoms with Crippen LogP contribution in [-0.4, -0.2) is 28.8 Å². The standard InChI is InChI=1S/C16H16ClNO4/c17-12-6-7-15(22-10-11-4-2-1-3-5-11)13(8-12)18-14(9-19)16(20)21/h1-8,14,18-19H,9-10H2,(H,20,21)/t14-/m0/s1. The van der Waals surface area contributed by atoms with Gasteiger partial charge in [0.25, 0.3) is 0 Å². The largest absolute Gasteiger partial charge is 0.487 e. The molecule has 0 radical (unpaired) electrons. The van der Waals surface area contributed by atoms with Crippen LogP contribution in [0, 0.1) is 0 Å². The summed E-state index contributed by atoms with van der Waals surface area (Å²) in [5.74, 6) is -0.690. The number of hydrogen-bond acceptors (Lipinski definition) is 4. The second-order valence-corrected chi connectivity index (χ2v) is 5.07. The van der Waals surface area contributed by atoms with Crippen molar-refractivity contribution in [2.45, 2.75) is 12.6 Å². The van der Waals surface area contributed by atoms with Crippen molar-refractivity contribution < 1.29 is 19.7 Å². The first-order valence-corrected chi connectivity index (χ1v) is 7.04. The third-order valence-corrected chi connectivity index (χ3v) is 3.22. The Hall–Kier alpha value is -2.24. The number of aliphatic hydroxyl groups is 1. The Morgan fingerprint density at radius 1 is 1.23 bits per heavy atom. The fourth-order valence-electron chi connectivity index (χ4n) is 1.85. The van der Waals surface area contributed by atoms with Crippen LogP contribution in [0.3, 0.4) is 0 Å². The van der Waals surface area contributed by atoms with E-state index >= 15 is 0 Å². The zero-order valence-electron chi connectivity index (χ0n) is 11.7. The van der Waals surface area contributed by atoms with E-state index in [2.05, 4.69) is 5.32 Å². The normalized spacial score (nSPS) is 11.7. The molecule has 5 nitrogen and oxygen atoms in total. The van der Waals surface area contributed by atoms with Crippen LogP contribution < -0.4 is 10.1 Å². The Labute approximate surface area is 133 Å². The van der Waals surface area contributed by atoms with Crippen molar-refractivity contribution in [3.05, 3.63) is 59.1 Å². The lowest BCUT2D eigenvalue weighted by Crippen LogP contribution is -2.32. The molecule has 0 fully saturated rings. The molecule has 2 aromatic rings. The number of carboxylic acids is 1. The molecule has 2 aromatic carbocycles. The molecule has 0 saturated carbocycles. The molecular weight excluding hydrogens is 306 g/mol. The molecule has 0 aliphatic heterocycles. The van der Waals surface area contributed by atoms with E-state index in [-0.39, 0.29) is 0 Å². The average Bonchev–Trinajstić information content (AvgIpc) is 2.52. The predicted molar refractivity (Wildman–Crippen MR) is 84.4 cm³/mol. The summed E-state index contributed by atoms with van der Waals surface area (Å²) >= 11 is 5.93. The van der Waals surface area contributed by atoms with Crippen LogP contribution in [-0.2, 0) is 11.4 Å². The van der Waals surface area contributed by atoms with Crippen LogP contribution in [0.25, 0.3) is 0 Å². The van der Waals surface area contributed by atoms with Gasteiger partial charge in [-0.1, -0.05) is 41.9 Å². The molecule has 0 aromatic heterocycles. The number of benzene rings is 2. The Bertz CT molecular complexity index is 633. The van der Waals surface area contributed by atoms with Crippen molar-refractivity contribution >= 4 is 23.3 Å². The lowest BCUT2D eigenvalue weighted by molar-refractivity contribution is -0.138. The molecule has 0 bridgehead atoms. The zero-order valence-corrected chi connectivity index (χ0v) is 12.5. The third kappa shape index (κ3) is 4.38. The minimum atomic E-state index is -1.16. The van der Waals surface area contributed by atoms with E-state index in [0.29, 0.717) is 23.1 Å². The van der Waals surface area contributed by atoms with E-state index in [1.807, 2.05) is 30.3 Å². The molecule has 22 heavy (non-hydrogen) atoms. The molecule has 0 saturated heterocycles. The summed E-state index contributed by atoms with van der Waals surface area (Å²) in [6, 6.07) is 13.3. The summed E-state index contributed by atoms with van der Waals surface area (Å²) in [6.45, 7) is -0.200. The van der Waals surface area contributed by atoms with Crippen molar-refractivity contribution in [1.82, 2.24) is 0 Å². The number of anilines is 1. The summed E-state index contributed by atoms with van der Waals surface area (Å²) in [7, 11) is 0. The molecule has 0 aliphatic carbocycles. The number of rotatable bonds is 7. The summed E-state index contributed by atoms with van der Waals surface area (Å²) < 4.78 is 5.71. The number of nitrogens with one attached hydrogen (secondary N) is 1. The quantitative estimate of drug-likeness (QED) is 0.731. The minimum absolute atomic E-state index is 0.341. The van der Waals surface area contributed by atoms with Gasteiger partial charge in [0.2, 0.25) is 0 Å². The van der Waals surface area contributed by atoms with E-state index in [9.17, 15) is 4.79 Å². The van der Waals surface area contributed by atoms with Gasteiger partial charge in [-0.25, -0.2) is 4.79 Å². The van der Waals surface area contributed by atoms with Gasteiger partial charge in [-0.05, 0) is 23.8 Å². The maximum atomic E-state index is 11.0. The Morgan fingerprint density at radius 2 is 1.95 bits per heavy atom. The van der Waals surface area contributed by atoms with Gasteiger partial charge < -0.3 is 20.3 Å². The molecule has 2 rings (SSSR count). The Balaban J connectivity index is 2.15. The molecule has 1 atom stereocenters. The lowest BCUT2D eigenvalue weighted by atomic mass is 10.2. The van der Waals surface area contributed by atoms with Gasteiger partial charge in [0.15, 0.2) is 0 Å².